The quantitative estimate of drug-likeness (QED) is 0.607. The second-order valence-electron chi connectivity index (χ2n) is 6.27. The zero-order valence-electron chi connectivity index (χ0n) is 13.0. The maximum absolute atomic E-state index is 12.0. The Labute approximate surface area is 133 Å². The van der Waals surface area contributed by atoms with Gasteiger partial charge in [-0.05, 0) is 20.8 Å². The SMILES string of the molecule is CN(C(=O)OC(C)(C)C)C1=N[C@@H]2[C@@H](O)[C@H](O)C(CO)O[C@@H]2S1. The number of nitrogens with zero attached hydrogens (tertiary/aromatic N) is 2. The predicted molar refractivity (Wildman–Crippen MR) is 80.6 cm³/mol. The molecule has 0 aromatic carbocycles. The van der Waals surface area contributed by atoms with Crippen molar-refractivity contribution in [2.24, 2.45) is 4.99 Å². The Morgan fingerprint density at radius 2 is 2.05 bits per heavy atom. The third-order valence-electron chi connectivity index (χ3n) is 3.28. The monoisotopic (exact) mass is 334 g/mol. The highest BCUT2D eigenvalue weighted by molar-refractivity contribution is 8.14. The van der Waals surface area contributed by atoms with Crippen LogP contribution in [0.25, 0.3) is 0 Å². The van der Waals surface area contributed by atoms with Gasteiger partial charge in [0, 0.05) is 7.05 Å². The van der Waals surface area contributed by atoms with E-state index in [1.165, 1.54) is 11.9 Å². The molecule has 0 aliphatic carbocycles. The summed E-state index contributed by atoms with van der Waals surface area (Å²) in [6.07, 6.45) is -3.81. The number of amidine groups is 1. The largest absolute Gasteiger partial charge is 0.443 e. The van der Waals surface area contributed by atoms with Crippen molar-refractivity contribution in [2.75, 3.05) is 13.7 Å². The normalized spacial score (nSPS) is 34.9. The maximum Gasteiger partial charge on any atom is 0.416 e. The van der Waals surface area contributed by atoms with Crippen LogP contribution in [0.2, 0.25) is 0 Å². The van der Waals surface area contributed by atoms with Crippen molar-refractivity contribution in [3.05, 3.63) is 0 Å². The van der Waals surface area contributed by atoms with Crippen LogP contribution in [0, 0.1) is 0 Å². The number of aliphatic imine (C=N–C) groups is 1. The molecule has 2 rings (SSSR count). The van der Waals surface area contributed by atoms with Crippen molar-refractivity contribution in [3.8, 4) is 0 Å². The van der Waals surface area contributed by atoms with Crippen LogP contribution in [0.5, 0.6) is 0 Å². The molecular weight excluding hydrogens is 312 g/mol. The van der Waals surface area contributed by atoms with Gasteiger partial charge < -0.3 is 24.8 Å². The van der Waals surface area contributed by atoms with Gasteiger partial charge >= 0.3 is 6.09 Å². The van der Waals surface area contributed by atoms with Crippen LogP contribution in [0.15, 0.2) is 4.99 Å². The highest BCUT2D eigenvalue weighted by atomic mass is 32.2. The summed E-state index contributed by atoms with van der Waals surface area (Å²) < 4.78 is 10.8. The average molecular weight is 334 g/mol. The molecule has 2 aliphatic heterocycles. The fourth-order valence-electron chi connectivity index (χ4n) is 2.14. The minimum Gasteiger partial charge on any atom is -0.443 e. The molecule has 8 nitrogen and oxygen atoms in total. The molecule has 9 heteroatoms. The summed E-state index contributed by atoms with van der Waals surface area (Å²) in [6, 6.07) is -0.692. The molecule has 1 amide bonds. The second kappa shape index (κ2) is 6.32. The zero-order valence-corrected chi connectivity index (χ0v) is 13.8. The fraction of sp³-hybridized carbons (Fsp3) is 0.846. The van der Waals surface area contributed by atoms with Crippen molar-refractivity contribution in [1.29, 1.82) is 0 Å². The van der Waals surface area contributed by atoms with Crippen LogP contribution in [-0.2, 0) is 9.47 Å². The Kier molecular flexibility index (Phi) is 5.03. The number of thioether (sulfide) groups is 1. The summed E-state index contributed by atoms with van der Waals surface area (Å²) in [5.74, 6) is 0. The molecule has 2 aliphatic rings. The number of hydrogen-bond donors (Lipinski definition) is 3. The summed E-state index contributed by atoms with van der Waals surface area (Å²) in [6.45, 7) is 4.88. The van der Waals surface area contributed by atoms with Crippen molar-refractivity contribution in [3.63, 3.8) is 0 Å². The van der Waals surface area contributed by atoms with E-state index in [1.54, 1.807) is 20.8 Å². The summed E-state index contributed by atoms with van der Waals surface area (Å²) in [7, 11) is 1.52. The summed E-state index contributed by atoms with van der Waals surface area (Å²) in [4.78, 5) is 17.5. The molecule has 0 bridgehead atoms. The van der Waals surface area contributed by atoms with Gasteiger partial charge in [0.1, 0.15) is 35.4 Å². The van der Waals surface area contributed by atoms with Gasteiger partial charge in [0.05, 0.1) is 6.61 Å². The van der Waals surface area contributed by atoms with E-state index < -0.39 is 48.1 Å². The van der Waals surface area contributed by atoms with E-state index in [-0.39, 0.29) is 0 Å². The topological polar surface area (TPSA) is 112 Å². The Balaban J connectivity index is 2.08. The summed E-state index contributed by atoms with van der Waals surface area (Å²) >= 11 is 1.15. The molecule has 1 saturated heterocycles. The molecule has 5 atom stereocenters. The molecule has 0 spiro atoms. The maximum atomic E-state index is 12.0. The minimum absolute atomic E-state index is 0.342. The Bertz CT molecular complexity index is 466. The molecular formula is C13H22N2O6S. The van der Waals surface area contributed by atoms with E-state index in [2.05, 4.69) is 4.99 Å². The van der Waals surface area contributed by atoms with Gasteiger partial charge in [0.15, 0.2) is 5.17 Å². The number of carbonyl (C=O) groups excluding carboxylic acids is 1. The van der Waals surface area contributed by atoms with Gasteiger partial charge in [-0.25, -0.2) is 4.79 Å². The van der Waals surface area contributed by atoms with E-state index in [0.29, 0.717) is 5.17 Å². The van der Waals surface area contributed by atoms with Crippen LogP contribution in [0.1, 0.15) is 20.8 Å². The molecule has 0 aromatic rings. The number of rotatable bonds is 1. The smallest absolute Gasteiger partial charge is 0.416 e. The second-order valence-corrected chi connectivity index (χ2v) is 7.33. The Morgan fingerprint density at radius 1 is 1.41 bits per heavy atom. The van der Waals surface area contributed by atoms with Gasteiger partial charge in [-0.1, -0.05) is 11.8 Å². The van der Waals surface area contributed by atoms with Crippen LogP contribution < -0.4 is 0 Å². The van der Waals surface area contributed by atoms with Crippen molar-refractivity contribution < 1.29 is 29.6 Å². The molecule has 22 heavy (non-hydrogen) atoms. The number of amides is 1. The molecule has 1 fully saturated rings. The van der Waals surface area contributed by atoms with Gasteiger partial charge in [-0.2, -0.15) is 0 Å². The number of aliphatic hydroxyl groups is 3. The highest BCUT2D eigenvalue weighted by Gasteiger charge is 2.49. The number of ether oxygens (including phenoxy) is 2. The van der Waals surface area contributed by atoms with E-state index in [0.717, 1.165) is 11.8 Å². The van der Waals surface area contributed by atoms with Crippen molar-refractivity contribution in [1.82, 2.24) is 4.90 Å². The van der Waals surface area contributed by atoms with E-state index >= 15 is 0 Å². The number of hydrogen-bond acceptors (Lipinski definition) is 8. The lowest BCUT2D eigenvalue weighted by Gasteiger charge is -2.37. The van der Waals surface area contributed by atoms with Crippen molar-refractivity contribution in [2.45, 2.75) is 56.2 Å². The van der Waals surface area contributed by atoms with E-state index in [1.807, 2.05) is 0 Å². The lowest BCUT2D eigenvalue weighted by molar-refractivity contribution is -0.164. The molecule has 0 saturated carbocycles. The Morgan fingerprint density at radius 3 is 2.59 bits per heavy atom. The van der Waals surface area contributed by atoms with Gasteiger partial charge in [-0.3, -0.25) is 9.89 Å². The summed E-state index contributed by atoms with van der Waals surface area (Å²) in [5.41, 5.74) is -1.19. The third-order valence-corrected chi connectivity index (χ3v) is 4.50. The van der Waals surface area contributed by atoms with E-state index in [9.17, 15) is 15.0 Å². The highest BCUT2D eigenvalue weighted by Crippen LogP contribution is 2.37. The number of aliphatic hydroxyl groups excluding tert-OH is 3. The first-order valence-electron chi connectivity index (χ1n) is 6.97. The van der Waals surface area contributed by atoms with Crippen LogP contribution >= 0.6 is 11.8 Å². The first-order valence-corrected chi connectivity index (χ1v) is 7.85. The molecule has 2 heterocycles. The standard InChI is InChI=1S/C13H22N2O6S/c1-13(2,3)21-12(19)15(4)11-14-7-9(18)8(17)6(5-16)20-10(7)22-11/h6-10,16-18H,5H2,1-4H3/t6?,7-,8-,9-,10-/m1/s1. The first kappa shape index (κ1) is 17.5. The van der Waals surface area contributed by atoms with Gasteiger partial charge in [0.2, 0.25) is 0 Å². The fourth-order valence-corrected chi connectivity index (χ4v) is 3.32. The lowest BCUT2D eigenvalue weighted by atomic mass is 9.99. The number of fused-ring (bicyclic) bond motifs is 1. The average Bonchev–Trinajstić information content (AvgIpc) is 2.84. The van der Waals surface area contributed by atoms with Gasteiger partial charge in [-0.15, -0.1) is 0 Å². The van der Waals surface area contributed by atoms with Gasteiger partial charge in [0.25, 0.3) is 0 Å². The molecule has 126 valence electrons. The van der Waals surface area contributed by atoms with Crippen LogP contribution in [0.3, 0.4) is 0 Å². The molecule has 0 aromatic heterocycles. The van der Waals surface area contributed by atoms with Crippen LogP contribution in [-0.4, -0.2) is 80.5 Å². The van der Waals surface area contributed by atoms with Crippen LogP contribution in [0.4, 0.5) is 4.79 Å². The summed E-state index contributed by atoms with van der Waals surface area (Å²) in [5, 5.41) is 29.4. The predicted octanol–water partition coefficient (Wildman–Crippen LogP) is -0.236. The molecule has 1 unspecified atom stereocenters. The Hall–Kier alpha value is -0.870. The zero-order chi connectivity index (χ0) is 16.7. The minimum atomic E-state index is -1.22. The van der Waals surface area contributed by atoms with Crippen molar-refractivity contribution >= 4 is 23.0 Å². The van der Waals surface area contributed by atoms with E-state index in [4.69, 9.17) is 14.6 Å². The molecule has 0 radical (unpaired) electrons. The molecule has 3 N–H and O–H groups in total. The third kappa shape index (κ3) is 3.54. The first-order chi connectivity index (χ1) is 10.1. The number of carbonyl (C=O) groups is 1. The lowest BCUT2D eigenvalue weighted by Crippen LogP contribution is -2.55.